The van der Waals surface area contributed by atoms with Crippen LogP contribution in [0.3, 0.4) is 0 Å². The molecule has 1 N–H and O–H groups in total. The van der Waals surface area contributed by atoms with Crippen molar-refractivity contribution in [3.8, 4) is 0 Å². The molecule has 0 aromatic carbocycles. The molecule has 1 fully saturated rings. The maximum absolute atomic E-state index is 12.2. The Morgan fingerprint density at radius 2 is 2.50 bits per heavy atom. The standard InChI is InChI=1S/C11H15NO4/c1-8-10(2-4-16-8)11(14)12-3-5-15-7-9(12)6-13/h2,4,9,13H,3,5-7H2,1H3. The maximum Gasteiger partial charge on any atom is 0.257 e. The summed E-state index contributed by atoms with van der Waals surface area (Å²) in [5, 5.41) is 9.18. The second-order valence-electron chi connectivity index (χ2n) is 3.80. The first-order valence-electron chi connectivity index (χ1n) is 5.27. The lowest BCUT2D eigenvalue weighted by Crippen LogP contribution is -2.50. The largest absolute Gasteiger partial charge is 0.469 e. The summed E-state index contributed by atoms with van der Waals surface area (Å²) in [6.45, 7) is 3.08. The first kappa shape index (κ1) is 11.2. The van der Waals surface area contributed by atoms with Crippen LogP contribution in [0.2, 0.25) is 0 Å². The maximum atomic E-state index is 12.2. The van der Waals surface area contributed by atoms with Crippen LogP contribution in [0.4, 0.5) is 0 Å². The molecule has 1 aliphatic rings. The van der Waals surface area contributed by atoms with Gasteiger partial charge in [0.2, 0.25) is 0 Å². The first-order valence-corrected chi connectivity index (χ1v) is 5.27. The highest BCUT2D eigenvalue weighted by Gasteiger charge is 2.28. The predicted octanol–water partition coefficient (Wildman–Crippen LogP) is 0.421. The monoisotopic (exact) mass is 225 g/mol. The summed E-state index contributed by atoms with van der Waals surface area (Å²) in [5.74, 6) is 0.502. The highest BCUT2D eigenvalue weighted by Crippen LogP contribution is 2.16. The second kappa shape index (κ2) is 4.67. The van der Waals surface area contributed by atoms with Crippen molar-refractivity contribution in [2.75, 3.05) is 26.4 Å². The minimum Gasteiger partial charge on any atom is -0.469 e. The van der Waals surface area contributed by atoms with Crippen LogP contribution >= 0.6 is 0 Å². The summed E-state index contributed by atoms with van der Waals surface area (Å²) in [6.07, 6.45) is 1.50. The van der Waals surface area contributed by atoms with Crippen molar-refractivity contribution in [2.45, 2.75) is 13.0 Å². The van der Waals surface area contributed by atoms with E-state index in [-0.39, 0.29) is 18.6 Å². The number of aryl methyl sites for hydroxylation is 1. The molecule has 1 amide bonds. The molecule has 5 heteroatoms. The Morgan fingerprint density at radius 3 is 3.12 bits per heavy atom. The summed E-state index contributed by atoms with van der Waals surface area (Å²) in [7, 11) is 0. The van der Waals surface area contributed by atoms with Crippen LogP contribution < -0.4 is 0 Å². The number of amides is 1. The highest BCUT2D eigenvalue weighted by molar-refractivity contribution is 5.95. The molecule has 88 valence electrons. The Hall–Kier alpha value is -1.33. The Kier molecular flexibility index (Phi) is 3.26. The number of nitrogens with zero attached hydrogens (tertiary/aromatic N) is 1. The molecule has 5 nitrogen and oxygen atoms in total. The minimum atomic E-state index is -0.254. The number of hydrogen-bond acceptors (Lipinski definition) is 4. The molecule has 1 saturated heterocycles. The lowest BCUT2D eigenvalue weighted by molar-refractivity contribution is -0.0184. The van der Waals surface area contributed by atoms with E-state index in [0.29, 0.717) is 31.1 Å². The van der Waals surface area contributed by atoms with Crippen LogP contribution in [0.5, 0.6) is 0 Å². The summed E-state index contributed by atoms with van der Waals surface area (Å²) in [6, 6.07) is 1.40. The van der Waals surface area contributed by atoms with Gasteiger partial charge in [-0.15, -0.1) is 0 Å². The average Bonchev–Trinajstić information content (AvgIpc) is 2.74. The van der Waals surface area contributed by atoms with Gasteiger partial charge in [-0.3, -0.25) is 4.79 Å². The van der Waals surface area contributed by atoms with Gasteiger partial charge in [-0.1, -0.05) is 0 Å². The van der Waals surface area contributed by atoms with Gasteiger partial charge in [-0.2, -0.15) is 0 Å². The molecule has 0 bridgehead atoms. The first-order chi connectivity index (χ1) is 7.74. The zero-order chi connectivity index (χ0) is 11.5. The fourth-order valence-electron chi connectivity index (χ4n) is 1.84. The number of ether oxygens (including phenoxy) is 1. The van der Waals surface area contributed by atoms with Gasteiger partial charge in [0, 0.05) is 6.54 Å². The molecule has 16 heavy (non-hydrogen) atoms. The zero-order valence-electron chi connectivity index (χ0n) is 9.18. The quantitative estimate of drug-likeness (QED) is 0.792. The third kappa shape index (κ3) is 1.96. The normalized spacial score (nSPS) is 21.1. The highest BCUT2D eigenvalue weighted by atomic mass is 16.5. The summed E-state index contributed by atoms with van der Waals surface area (Å²) in [5.41, 5.74) is 0.556. The van der Waals surface area contributed by atoms with Gasteiger partial charge in [0.1, 0.15) is 5.76 Å². The minimum absolute atomic E-state index is 0.0807. The van der Waals surface area contributed by atoms with Gasteiger partial charge in [0.25, 0.3) is 5.91 Å². The predicted molar refractivity (Wildman–Crippen MR) is 56.2 cm³/mol. The summed E-state index contributed by atoms with van der Waals surface area (Å²) >= 11 is 0. The molecular formula is C11H15NO4. The van der Waals surface area contributed by atoms with Crippen LogP contribution in [-0.4, -0.2) is 48.3 Å². The number of furan rings is 1. The Balaban J connectivity index is 2.17. The Bertz CT molecular complexity index is 374. The van der Waals surface area contributed by atoms with Crippen molar-refractivity contribution in [1.29, 1.82) is 0 Å². The molecule has 0 radical (unpaired) electrons. The van der Waals surface area contributed by atoms with E-state index in [0.717, 1.165) is 0 Å². The molecule has 1 atom stereocenters. The van der Waals surface area contributed by atoms with Gasteiger partial charge in [-0.05, 0) is 13.0 Å². The molecule has 0 aliphatic carbocycles. The lowest BCUT2D eigenvalue weighted by atomic mass is 10.1. The van der Waals surface area contributed by atoms with Crippen molar-refractivity contribution >= 4 is 5.91 Å². The van der Waals surface area contributed by atoms with E-state index < -0.39 is 0 Å². The van der Waals surface area contributed by atoms with E-state index in [1.54, 1.807) is 17.9 Å². The lowest BCUT2D eigenvalue weighted by Gasteiger charge is -2.34. The van der Waals surface area contributed by atoms with E-state index in [1.807, 2.05) is 0 Å². The summed E-state index contributed by atoms with van der Waals surface area (Å²) in [4.78, 5) is 13.8. The van der Waals surface area contributed by atoms with Crippen LogP contribution in [0.15, 0.2) is 16.7 Å². The number of hydrogen-bond donors (Lipinski definition) is 1. The van der Waals surface area contributed by atoms with Gasteiger partial charge >= 0.3 is 0 Å². The zero-order valence-corrected chi connectivity index (χ0v) is 9.18. The van der Waals surface area contributed by atoms with Crippen molar-refractivity contribution in [2.24, 2.45) is 0 Å². The van der Waals surface area contributed by atoms with E-state index >= 15 is 0 Å². The number of aliphatic hydroxyl groups is 1. The second-order valence-corrected chi connectivity index (χ2v) is 3.80. The number of aliphatic hydroxyl groups excluding tert-OH is 1. The van der Waals surface area contributed by atoms with E-state index in [4.69, 9.17) is 9.15 Å². The van der Waals surface area contributed by atoms with Crippen LogP contribution in [0.1, 0.15) is 16.1 Å². The van der Waals surface area contributed by atoms with Gasteiger partial charge < -0.3 is 19.2 Å². The van der Waals surface area contributed by atoms with Crippen LogP contribution in [0.25, 0.3) is 0 Å². The fraction of sp³-hybridized carbons (Fsp3) is 0.545. The van der Waals surface area contributed by atoms with Gasteiger partial charge in [0.15, 0.2) is 0 Å². The Labute approximate surface area is 93.6 Å². The SMILES string of the molecule is Cc1occc1C(=O)N1CCOCC1CO. The molecule has 1 aliphatic heterocycles. The van der Waals surface area contributed by atoms with Crippen LogP contribution in [0, 0.1) is 6.92 Å². The van der Waals surface area contributed by atoms with E-state index in [1.165, 1.54) is 6.26 Å². The number of carbonyl (C=O) groups is 1. The van der Waals surface area contributed by atoms with E-state index in [9.17, 15) is 9.90 Å². The average molecular weight is 225 g/mol. The van der Waals surface area contributed by atoms with Crippen molar-refractivity contribution in [1.82, 2.24) is 4.90 Å². The van der Waals surface area contributed by atoms with Gasteiger partial charge in [0.05, 0.1) is 37.7 Å². The molecule has 2 heterocycles. The molecule has 2 rings (SSSR count). The third-order valence-corrected chi connectivity index (χ3v) is 2.79. The smallest absolute Gasteiger partial charge is 0.257 e. The molecule has 1 unspecified atom stereocenters. The van der Waals surface area contributed by atoms with Crippen molar-refractivity contribution < 1.29 is 19.1 Å². The Morgan fingerprint density at radius 1 is 1.69 bits per heavy atom. The third-order valence-electron chi connectivity index (χ3n) is 2.79. The van der Waals surface area contributed by atoms with E-state index in [2.05, 4.69) is 0 Å². The topological polar surface area (TPSA) is 62.9 Å². The number of morpholine rings is 1. The number of carbonyl (C=O) groups excluding carboxylic acids is 1. The number of rotatable bonds is 2. The van der Waals surface area contributed by atoms with Crippen molar-refractivity contribution in [3.05, 3.63) is 23.7 Å². The van der Waals surface area contributed by atoms with Gasteiger partial charge in [-0.25, -0.2) is 0 Å². The molecule has 0 spiro atoms. The molecule has 1 aromatic rings. The summed E-state index contributed by atoms with van der Waals surface area (Å²) < 4.78 is 10.3. The molecule has 0 saturated carbocycles. The van der Waals surface area contributed by atoms with Crippen LogP contribution in [-0.2, 0) is 4.74 Å². The molecule has 1 aromatic heterocycles. The fourth-order valence-corrected chi connectivity index (χ4v) is 1.84. The molecular weight excluding hydrogens is 210 g/mol. The van der Waals surface area contributed by atoms with Crippen molar-refractivity contribution in [3.63, 3.8) is 0 Å².